The van der Waals surface area contributed by atoms with Crippen molar-refractivity contribution in [2.75, 3.05) is 25.1 Å². The molecular formula is C25H36BN5O5Si. The van der Waals surface area contributed by atoms with Gasteiger partial charge in [0.2, 0.25) is 0 Å². The number of fused-ring (bicyclic) bond motifs is 1. The number of amides is 1. The van der Waals surface area contributed by atoms with Crippen molar-refractivity contribution >= 4 is 32.8 Å². The molecule has 2 aliphatic rings. The number of primary amides is 1. The average Bonchev–Trinajstić information content (AvgIpc) is 3.38. The van der Waals surface area contributed by atoms with Gasteiger partial charge in [-0.2, -0.15) is 10.4 Å². The van der Waals surface area contributed by atoms with Crippen LogP contribution in [0.15, 0.2) is 24.4 Å². The maximum atomic E-state index is 12.1. The van der Waals surface area contributed by atoms with Gasteiger partial charge in [-0.1, -0.05) is 26.8 Å². The van der Waals surface area contributed by atoms with Gasteiger partial charge in [-0.05, 0) is 42.6 Å². The number of rotatable bonds is 8. The zero-order valence-corrected chi connectivity index (χ0v) is 23.2. The van der Waals surface area contributed by atoms with Crippen molar-refractivity contribution in [2.45, 2.75) is 63.6 Å². The van der Waals surface area contributed by atoms with E-state index in [1.807, 2.05) is 12.1 Å². The van der Waals surface area contributed by atoms with Gasteiger partial charge in [-0.25, -0.2) is 0 Å². The predicted molar refractivity (Wildman–Crippen MR) is 143 cm³/mol. The number of hydrogen-bond acceptors (Lipinski definition) is 8. The summed E-state index contributed by atoms with van der Waals surface area (Å²) in [5.41, 5.74) is 7.37. The fourth-order valence-corrected chi connectivity index (χ4v) is 5.51. The van der Waals surface area contributed by atoms with Crippen LogP contribution in [-0.4, -0.2) is 56.0 Å². The van der Waals surface area contributed by atoms with Crippen LogP contribution < -0.4 is 15.7 Å². The second-order valence-corrected chi connectivity index (χ2v) is 16.1. The van der Waals surface area contributed by atoms with Crippen LogP contribution in [0.5, 0.6) is 5.75 Å². The first-order valence-electron chi connectivity index (χ1n) is 12.7. The molecule has 0 aliphatic carbocycles. The fourth-order valence-electron chi connectivity index (χ4n) is 4.45. The van der Waals surface area contributed by atoms with Gasteiger partial charge >= 0.3 is 7.12 Å². The van der Waals surface area contributed by atoms with Crippen LogP contribution in [0, 0.1) is 17.2 Å². The fraction of sp³-hybridized carbons (Fsp3) is 0.560. The number of ether oxygens (including phenoxy) is 1. The Bertz CT molecular complexity index is 1190. The Morgan fingerprint density at radius 2 is 2.19 bits per heavy atom. The van der Waals surface area contributed by atoms with Gasteiger partial charge in [0.15, 0.2) is 14.1 Å². The summed E-state index contributed by atoms with van der Waals surface area (Å²) >= 11 is 0. The van der Waals surface area contributed by atoms with Crippen LogP contribution in [0.2, 0.25) is 18.1 Å². The summed E-state index contributed by atoms with van der Waals surface area (Å²) in [5.74, 6) is -0.237. The van der Waals surface area contributed by atoms with E-state index in [9.17, 15) is 15.1 Å². The molecule has 37 heavy (non-hydrogen) atoms. The quantitative estimate of drug-likeness (QED) is 0.442. The molecule has 10 nitrogen and oxygen atoms in total. The molecule has 0 saturated carbocycles. The zero-order chi connectivity index (χ0) is 27.0. The van der Waals surface area contributed by atoms with Gasteiger partial charge in [0.05, 0.1) is 24.6 Å². The first-order chi connectivity index (χ1) is 17.4. The minimum Gasteiger partial charge on any atom is -0.535 e. The lowest BCUT2D eigenvalue weighted by molar-refractivity contribution is 0.0342. The Hall–Kier alpha value is -2.85. The number of nitrogens with zero attached hydrogens (tertiary/aromatic N) is 3. The van der Waals surface area contributed by atoms with E-state index in [2.05, 4.69) is 50.3 Å². The SMILES string of the molecule is CC(C)(C)[Si](C)(C)OCCC1B(O)Oc2cc(Nc3nn([C@@H]4COCC[C@H]4C#N)cc3C(N)=O)ccc21. The molecule has 4 rings (SSSR count). The molecule has 4 N–H and O–H groups in total. The number of anilines is 2. The molecular weight excluding hydrogens is 489 g/mol. The topological polar surface area (TPSA) is 145 Å². The van der Waals surface area contributed by atoms with Crippen molar-refractivity contribution in [3.05, 3.63) is 35.5 Å². The Morgan fingerprint density at radius 3 is 2.86 bits per heavy atom. The number of benzene rings is 1. The maximum absolute atomic E-state index is 12.1. The van der Waals surface area contributed by atoms with E-state index in [-0.39, 0.29) is 34.2 Å². The van der Waals surface area contributed by atoms with Crippen LogP contribution in [-0.2, 0) is 9.16 Å². The molecule has 1 aromatic heterocycles. The number of aromatic nitrogens is 2. The summed E-state index contributed by atoms with van der Waals surface area (Å²) in [7, 11) is -2.84. The Labute approximate surface area is 219 Å². The standard InChI is InChI=1S/C25H36BN5O5Si/c1-25(2,3)37(4,5)35-11-9-20-18-7-6-17(12-22(18)36-26(20)33)29-24-19(23(28)32)14-31(30-24)21-15-34-10-8-16(21)13-27/h6-7,12,14,16,20-21,33H,8-11,15H2,1-5H3,(H2,28,32)(H,29,30)/t16-,20?,21+/m0/s1. The van der Waals surface area contributed by atoms with E-state index in [0.29, 0.717) is 44.1 Å². The molecule has 0 spiro atoms. The Balaban J connectivity index is 1.49. The second kappa shape index (κ2) is 10.5. The average molecular weight is 525 g/mol. The summed E-state index contributed by atoms with van der Waals surface area (Å²) in [6.45, 7) is 12.4. The summed E-state index contributed by atoms with van der Waals surface area (Å²) in [4.78, 5) is 12.1. The molecule has 1 aromatic carbocycles. The summed E-state index contributed by atoms with van der Waals surface area (Å²) < 4.78 is 19.2. The predicted octanol–water partition coefficient (Wildman–Crippen LogP) is 3.73. The molecule has 3 heterocycles. The second-order valence-electron chi connectivity index (χ2n) is 11.3. The largest absolute Gasteiger partial charge is 0.535 e. The van der Waals surface area contributed by atoms with Crippen molar-refractivity contribution in [1.82, 2.24) is 9.78 Å². The van der Waals surface area contributed by atoms with Gasteiger partial charge in [0.25, 0.3) is 5.91 Å². The van der Waals surface area contributed by atoms with Crippen molar-refractivity contribution < 1.29 is 23.6 Å². The molecule has 2 aliphatic heterocycles. The highest BCUT2D eigenvalue weighted by Crippen LogP contribution is 2.41. The summed E-state index contributed by atoms with van der Waals surface area (Å²) in [5, 5.41) is 27.9. The Kier molecular flexibility index (Phi) is 7.71. The molecule has 0 radical (unpaired) electrons. The maximum Gasteiger partial charge on any atom is 0.530 e. The van der Waals surface area contributed by atoms with Gasteiger partial charge in [0.1, 0.15) is 11.3 Å². The van der Waals surface area contributed by atoms with Crippen LogP contribution in [0.3, 0.4) is 0 Å². The minimum absolute atomic E-state index is 0.118. The summed E-state index contributed by atoms with van der Waals surface area (Å²) in [6.07, 6.45) is 2.80. The van der Waals surface area contributed by atoms with Gasteiger partial charge in [0, 0.05) is 37.0 Å². The summed E-state index contributed by atoms with van der Waals surface area (Å²) in [6, 6.07) is 7.54. The zero-order valence-electron chi connectivity index (χ0n) is 22.2. The normalized spacial score (nSPS) is 21.8. The van der Waals surface area contributed by atoms with E-state index < -0.39 is 21.3 Å². The molecule has 0 bridgehead atoms. The Morgan fingerprint density at radius 1 is 1.43 bits per heavy atom. The number of nitriles is 1. The molecule has 1 saturated heterocycles. The highest BCUT2D eigenvalue weighted by atomic mass is 28.4. The van der Waals surface area contributed by atoms with Crippen LogP contribution in [0.1, 0.15) is 61.4 Å². The highest BCUT2D eigenvalue weighted by molar-refractivity contribution is 6.74. The van der Waals surface area contributed by atoms with Gasteiger partial charge < -0.3 is 29.9 Å². The van der Waals surface area contributed by atoms with Gasteiger partial charge in [-0.3, -0.25) is 9.48 Å². The van der Waals surface area contributed by atoms with E-state index in [4.69, 9.17) is 19.6 Å². The van der Waals surface area contributed by atoms with Crippen molar-refractivity contribution in [2.24, 2.45) is 11.7 Å². The third-order valence-electron chi connectivity index (χ3n) is 7.79. The minimum atomic E-state index is -1.88. The molecule has 1 amide bonds. The van der Waals surface area contributed by atoms with Crippen molar-refractivity contribution in [1.29, 1.82) is 5.26 Å². The number of nitrogens with one attached hydrogen (secondary N) is 1. The van der Waals surface area contributed by atoms with Crippen molar-refractivity contribution in [3.8, 4) is 11.8 Å². The molecule has 2 aromatic rings. The molecule has 3 atom stereocenters. The first kappa shape index (κ1) is 27.2. The number of hydrogen-bond donors (Lipinski definition) is 3. The van der Waals surface area contributed by atoms with E-state index in [1.54, 1.807) is 16.9 Å². The molecule has 198 valence electrons. The third-order valence-corrected chi connectivity index (χ3v) is 12.3. The van der Waals surface area contributed by atoms with E-state index in [0.717, 1.165) is 5.56 Å². The lowest BCUT2D eigenvalue weighted by Gasteiger charge is -2.36. The van der Waals surface area contributed by atoms with Crippen LogP contribution >= 0.6 is 0 Å². The smallest absolute Gasteiger partial charge is 0.530 e. The number of nitrogens with two attached hydrogens (primary N) is 1. The lowest BCUT2D eigenvalue weighted by Crippen LogP contribution is -2.41. The molecule has 12 heteroatoms. The van der Waals surface area contributed by atoms with E-state index in [1.165, 1.54) is 0 Å². The highest BCUT2D eigenvalue weighted by Gasteiger charge is 2.41. The van der Waals surface area contributed by atoms with Crippen LogP contribution in [0.4, 0.5) is 11.5 Å². The molecule has 1 fully saturated rings. The number of carbonyl (C=O) groups excluding carboxylic acids is 1. The van der Waals surface area contributed by atoms with Gasteiger partial charge in [-0.15, -0.1) is 0 Å². The van der Waals surface area contributed by atoms with E-state index >= 15 is 0 Å². The van der Waals surface area contributed by atoms with Crippen molar-refractivity contribution in [3.63, 3.8) is 0 Å². The third kappa shape index (κ3) is 5.70. The van der Waals surface area contributed by atoms with Crippen LogP contribution in [0.25, 0.3) is 0 Å². The monoisotopic (exact) mass is 525 g/mol. The molecule has 1 unspecified atom stereocenters. The first-order valence-corrected chi connectivity index (χ1v) is 15.6. The number of carbonyl (C=O) groups is 1. The lowest BCUT2D eigenvalue weighted by atomic mass is 9.69.